The Morgan fingerprint density at radius 2 is 2.06 bits per heavy atom. The second-order valence-electron chi connectivity index (χ2n) is 3.40. The van der Waals surface area contributed by atoms with Crippen molar-refractivity contribution in [3.05, 3.63) is 33.4 Å². The minimum absolute atomic E-state index is 0.205. The van der Waals surface area contributed by atoms with Crippen molar-refractivity contribution in [2.75, 3.05) is 0 Å². The highest BCUT2D eigenvalue weighted by atomic mass is 127. The molecular weight excluding hydrogens is 321 g/mol. The number of carboxylic acids is 1. The lowest BCUT2D eigenvalue weighted by molar-refractivity contribution is -0.141. The SMILES string of the molecule is C[C@@H](NC(=O)Cc1ccccc1I)C(=O)O. The molecule has 0 heterocycles. The molecule has 0 aliphatic rings. The molecule has 0 aromatic heterocycles. The molecule has 1 amide bonds. The minimum Gasteiger partial charge on any atom is -0.480 e. The summed E-state index contributed by atoms with van der Waals surface area (Å²) in [5.41, 5.74) is 0.901. The van der Waals surface area contributed by atoms with Crippen molar-refractivity contribution in [3.8, 4) is 0 Å². The van der Waals surface area contributed by atoms with E-state index in [1.54, 1.807) is 0 Å². The predicted octanol–water partition coefficient (Wildman–Crippen LogP) is 1.42. The fraction of sp³-hybridized carbons (Fsp3) is 0.273. The van der Waals surface area contributed by atoms with Gasteiger partial charge in [-0.15, -0.1) is 0 Å². The summed E-state index contributed by atoms with van der Waals surface area (Å²) in [7, 11) is 0. The van der Waals surface area contributed by atoms with E-state index in [-0.39, 0.29) is 12.3 Å². The summed E-state index contributed by atoms with van der Waals surface area (Å²) < 4.78 is 0.998. The average Bonchev–Trinajstić information content (AvgIpc) is 2.21. The molecule has 0 saturated heterocycles. The van der Waals surface area contributed by atoms with Gasteiger partial charge in [-0.05, 0) is 41.1 Å². The van der Waals surface area contributed by atoms with Crippen LogP contribution >= 0.6 is 22.6 Å². The quantitative estimate of drug-likeness (QED) is 0.819. The van der Waals surface area contributed by atoms with Crippen LogP contribution in [0.1, 0.15) is 12.5 Å². The molecule has 0 spiro atoms. The van der Waals surface area contributed by atoms with Crippen molar-refractivity contribution in [2.24, 2.45) is 0 Å². The first-order valence-corrected chi connectivity index (χ1v) is 5.84. The lowest BCUT2D eigenvalue weighted by atomic mass is 10.1. The first-order chi connectivity index (χ1) is 7.50. The molecule has 0 bridgehead atoms. The average molecular weight is 333 g/mol. The molecule has 0 radical (unpaired) electrons. The van der Waals surface area contributed by atoms with E-state index >= 15 is 0 Å². The lowest BCUT2D eigenvalue weighted by Gasteiger charge is -2.09. The number of benzene rings is 1. The number of carbonyl (C=O) groups is 2. The zero-order valence-electron chi connectivity index (χ0n) is 8.74. The van der Waals surface area contributed by atoms with Crippen LogP contribution in [0.4, 0.5) is 0 Å². The predicted molar refractivity (Wildman–Crippen MR) is 68.1 cm³/mol. The lowest BCUT2D eigenvalue weighted by Crippen LogP contribution is -2.39. The topological polar surface area (TPSA) is 66.4 Å². The third kappa shape index (κ3) is 3.80. The molecule has 1 rings (SSSR count). The summed E-state index contributed by atoms with van der Waals surface area (Å²) in [6.07, 6.45) is 0.205. The van der Waals surface area contributed by atoms with Crippen molar-refractivity contribution < 1.29 is 14.7 Å². The smallest absolute Gasteiger partial charge is 0.325 e. The Labute approximate surface area is 107 Å². The Morgan fingerprint density at radius 1 is 1.44 bits per heavy atom. The molecule has 0 fully saturated rings. The van der Waals surface area contributed by atoms with Gasteiger partial charge in [-0.25, -0.2) is 0 Å². The van der Waals surface area contributed by atoms with E-state index in [4.69, 9.17) is 5.11 Å². The molecule has 0 unspecified atom stereocenters. The monoisotopic (exact) mass is 333 g/mol. The largest absolute Gasteiger partial charge is 0.480 e. The molecule has 1 aromatic rings. The number of halogens is 1. The molecule has 0 saturated carbocycles. The molecular formula is C11H12INO3. The minimum atomic E-state index is -1.03. The maximum atomic E-state index is 11.5. The van der Waals surface area contributed by atoms with Crippen LogP contribution in [0.3, 0.4) is 0 Å². The molecule has 0 aliphatic heterocycles. The molecule has 16 heavy (non-hydrogen) atoms. The Kier molecular flexibility index (Phi) is 4.72. The summed E-state index contributed by atoms with van der Waals surface area (Å²) in [5.74, 6) is -1.31. The van der Waals surface area contributed by atoms with Gasteiger partial charge in [0.15, 0.2) is 0 Å². The van der Waals surface area contributed by atoms with E-state index in [0.29, 0.717) is 0 Å². The second-order valence-corrected chi connectivity index (χ2v) is 4.56. The van der Waals surface area contributed by atoms with Crippen LogP contribution in [0.15, 0.2) is 24.3 Å². The standard InChI is InChI=1S/C11H12INO3/c1-7(11(15)16)13-10(14)6-8-4-2-3-5-9(8)12/h2-5,7H,6H2,1H3,(H,13,14)(H,15,16)/t7-/m1/s1. The van der Waals surface area contributed by atoms with Crippen LogP contribution in [-0.2, 0) is 16.0 Å². The van der Waals surface area contributed by atoms with E-state index in [1.165, 1.54) is 6.92 Å². The van der Waals surface area contributed by atoms with Crippen molar-refractivity contribution in [1.29, 1.82) is 0 Å². The number of rotatable bonds is 4. The highest BCUT2D eigenvalue weighted by Crippen LogP contribution is 2.11. The third-order valence-corrected chi connectivity index (χ3v) is 3.11. The number of carboxylic acid groups (broad SMARTS) is 1. The first-order valence-electron chi connectivity index (χ1n) is 4.76. The van der Waals surface area contributed by atoms with Crippen LogP contribution in [-0.4, -0.2) is 23.0 Å². The van der Waals surface area contributed by atoms with E-state index < -0.39 is 12.0 Å². The summed E-state index contributed by atoms with van der Waals surface area (Å²) in [6.45, 7) is 1.44. The maximum absolute atomic E-state index is 11.5. The van der Waals surface area contributed by atoms with Gasteiger partial charge >= 0.3 is 5.97 Å². The maximum Gasteiger partial charge on any atom is 0.325 e. The highest BCUT2D eigenvalue weighted by molar-refractivity contribution is 14.1. The number of hydrogen-bond donors (Lipinski definition) is 2. The van der Waals surface area contributed by atoms with Crippen molar-refractivity contribution >= 4 is 34.5 Å². The third-order valence-electron chi connectivity index (χ3n) is 2.06. The van der Waals surface area contributed by atoms with Crippen LogP contribution in [0, 0.1) is 3.57 Å². The van der Waals surface area contributed by atoms with E-state index in [0.717, 1.165) is 9.13 Å². The number of nitrogens with one attached hydrogen (secondary N) is 1. The Balaban J connectivity index is 2.59. The van der Waals surface area contributed by atoms with Crippen molar-refractivity contribution in [1.82, 2.24) is 5.32 Å². The fourth-order valence-electron chi connectivity index (χ4n) is 1.17. The molecule has 4 nitrogen and oxygen atoms in total. The van der Waals surface area contributed by atoms with Gasteiger partial charge in [0, 0.05) is 3.57 Å². The highest BCUT2D eigenvalue weighted by Gasteiger charge is 2.14. The van der Waals surface area contributed by atoms with Gasteiger partial charge < -0.3 is 10.4 Å². The zero-order valence-corrected chi connectivity index (χ0v) is 10.9. The van der Waals surface area contributed by atoms with Gasteiger partial charge in [0.05, 0.1) is 6.42 Å². The van der Waals surface area contributed by atoms with Gasteiger partial charge in [-0.1, -0.05) is 18.2 Å². The molecule has 5 heteroatoms. The van der Waals surface area contributed by atoms with Crippen molar-refractivity contribution in [2.45, 2.75) is 19.4 Å². The van der Waals surface area contributed by atoms with Gasteiger partial charge in [0.2, 0.25) is 5.91 Å². The second kappa shape index (κ2) is 5.83. The van der Waals surface area contributed by atoms with Gasteiger partial charge in [-0.3, -0.25) is 9.59 Å². The Bertz CT molecular complexity index is 406. The number of aliphatic carboxylic acids is 1. The van der Waals surface area contributed by atoms with E-state index in [1.807, 2.05) is 24.3 Å². The van der Waals surface area contributed by atoms with Crippen LogP contribution < -0.4 is 5.32 Å². The molecule has 2 N–H and O–H groups in total. The summed E-state index contributed by atoms with van der Waals surface area (Å²) in [6, 6.07) is 6.65. The Hall–Kier alpha value is -1.11. The zero-order chi connectivity index (χ0) is 12.1. The van der Waals surface area contributed by atoms with Crippen molar-refractivity contribution in [3.63, 3.8) is 0 Å². The molecule has 1 atom stereocenters. The van der Waals surface area contributed by atoms with Crippen LogP contribution in [0.25, 0.3) is 0 Å². The van der Waals surface area contributed by atoms with Crippen LogP contribution in [0.5, 0.6) is 0 Å². The summed E-state index contributed by atoms with van der Waals surface area (Å²) in [4.78, 5) is 22.0. The summed E-state index contributed by atoms with van der Waals surface area (Å²) in [5, 5.41) is 11.0. The molecule has 0 aliphatic carbocycles. The number of amides is 1. The molecule has 86 valence electrons. The van der Waals surface area contributed by atoms with E-state index in [2.05, 4.69) is 27.9 Å². The normalized spacial score (nSPS) is 11.9. The van der Waals surface area contributed by atoms with Gasteiger partial charge in [-0.2, -0.15) is 0 Å². The van der Waals surface area contributed by atoms with Gasteiger partial charge in [0.1, 0.15) is 6.04 Å². The van der Waals surface area contributed by atoms with Crippen LogP contribution in [0.2, 0.25) is 0 Å². The number of hydrogen-bond acceptors (Lipinski definition) is 2. The molecule has 1 aromatic carbocycles. The summed E-state index contributed by atoms with van der Waals surface area (Å²) >= 11 is 2.14. The van der Waals surface area contributed by atoms with Gasteiger partial charge in [0.25, 0.3) is 0 Å². The Morgan fingerprint density at radius 3 is 2.62 bits per heavy atom. The first kappa shape index (κ1) is 13.0. The fourth-order valence-corrected chi connectivity index (χ4v) is 1.75. The number of carbonyl (C=O) groups excluding carboxylic acids is 1. The van der Waals surface area contributed by atoms with E-state index in [9.17, 15) is 9.59 Å².